The van der Waals surface area contributed by atoms with Gasteiger partial charge in [0.25, 0.3) is 5.56 Å². The minimum absolute atomic E-state index is 0.0101. The van der Waals surface area contributed by atoms with Gasteiger partial charge in [-0.1, -0.05) is 23.7 Å². The number of ether oxygens (including phenoxy) is 3. The van der Waals surface area contributed by atoms with Crippen molar-refractivity contribution in [3.8, 4) is 29.0 Å². The molecule has 0 bridgehead atoms. The molecule has 0 saturated carbocycles. The highest BCUT2D eigenvalue weighted by Crippen LogP contribution is 2.37. The Balaban J connectivity index is 2.01. The van der Waals surface area contributed by atoms with Gasteiger partial charge >= 0.3 is 17.8 Å². The molecule has 0 amide bonds. The lowest BCUT2D eigenvalue weighted by molar-refractivity contribution is -0.145. The van der Waals surface area contributed by atoms with Crippen molar-refractivity contribution in [2.75, 3.05) is 13.2 Å². The summed E-state index contributed by atoms with van der Waals surface area (Å²) in [6.07, 6.45) is -5.00. The number of hydrogen-bond acceptors (Lipinski definition) is 7. The number of hydrogen-bond donors (Lipinski definition) is 0. The quantitative estimate of drug-likeness (QED) is 0.341. The van der Waals surface area contributed by atoms with Crippen LogP contribution in [0.3, 0.4) is 0 Å². The Kier molecular flexibility index (Phi) is 7.69. The Bertz CT molecular complexity index is 1480. The van der Waals surface area contributed by atoms with Crippen molar-refractivity contribution >= 4 is 17.6 Å². The molecule has 0 spiro atoms. The first-order valence-corrected chi connectivity index (χ1v) is 10.1. The zero-order valence-electron chi connectivity index (χ0n) is 18.1. The Morgan fingerprint density at radius 3 is 2.42 bits per heavy atom. The molecule has 2 aromatic carbocycles. The highest BCUT2D eigenvalue weighted by Gasteiger charge is 2.35. The Morgan fingerprint density at radius 2 is 1.78 bits per heavy atom. The fourth-order valence-electron chi connectivity index (χ4n) is 2.95. The highest BCUT2D eigenvalue weighted by atomic mass is 35.5. The van der Waals surface area contributed by atoms with Crippen LogP contribution in [0.25, 0.3) is 5.69 Å². The number of carbonyl (C=O) groups excluding carboxylic acids is 1. The predicted molar refractivity (Wildman–Crippen MR) is 116 cm³/mol. The van der Waals surface area contributed by atoms with Gasteiger partial charge in [-0.25, -0.2) is 18.5 Å². The lowest BCUT2D eigenvalue weighted by atomic mass is 10.2. The summed E-state index contributed by atoms with van der Waals surface area (Å²) in [5.41, 5.74) is -5.12. The average molecular weight is 528 g/mol. The van der Waals surface area contributed by atoms with Crippen LogP contribution in [-0.2, 0) is 22.8 Å². The number of esters is 1. The first kappa shape index (κ1) is 26.3. The van der Waals surface area contributed by atoms with E-state index < -0.39 is 53.8 Å². The van der Waals surface area contributed by atoms with Crippen LogP contribution in [0, 0.1) is 17.1 Å². The van der Waals surface area contributed by atoms with Gasteiger partial charge in [0.15, 0.2) is 24.7 Å². The molecule has 36 heavy (non-hydrogen) atoms. The summed E-state index contributed by atoms with van der Waals surface area (Å²) in [6, 6.07) is 9.18. The second kappa shape index (κ2) is 10.5. The third-order valence-electron chi connectivity index (χ3n) is 4.57. The van der Waals surface area contributed by atoms with E-state index in [1.807, 2.05) is 0 Å². The second-order valence-corrected chi connectivity index (χ2v) is 7.34. The lowest BCUT2D eigenvalue weighted by Crippen LogP contribution is -2.41. The Hall–Kier alpha value is -4.31. The number of nitriles is 1. The van der Waals surface area contributed by atoms with Crippen molar-refractivity contribution in [2.45, 2.75) is 6.18 Å². The summed E-state index contributed by atoms with van der Waals surface area (Å²) < 4.78 is 69.9. The summed E-state index contributed by atoms with van der Waals surface area (Å²) in [7, 11) is 0.779. The fraction of sp³-hybridized carbons (Fsp3) is 0.182. The van der Waals surface area contributed by atoms with Gasteiger partial charge in [0.05, 0.1) is 10.7 Å². The molecule has 188 valence electrons. The van der Waals surface area contributed by atoms with Gasteiger partial charge in [0.1, 0.15) is 23.3 Å². The van der Waals surface area contributed by atoms with Crippen molar-refractivity contribution in [2.24, 2.45) is 7.05 Å². The molecule has 0 atom stereocenters. The fourth-order valence-corrected chi connectivity index (χ4v) is 3.14. The molecule has 0 aliphatic rings. The maximum absolute atomic E-state index is 14.7. The van der Waals surface area contributed by atoms with E-state index in [-0.39, 0.29) is 37.5 Å². The maximum atomic E-state index is 14.7. The zero-order valence-corrected chi connectivity index (χ0v) is 18.9. The summed E-state index contributed by atoms with van der Waals surface area (Å²) >= 11 is 6.04. The first-order chi connectivity index (χ1) is 16.9. The van der Waals surface area contributed by atoms with Crippen molar-refractivity contribution in [1.29, 1.82) is 5.26 Å². The molecule has 1 aromatic heterocycles. The monoisotopic (exact) mass is 527 g/mol. The van der Waals surface area contributed by atoms with E-state index in [0.29, 0.717) is 6.07 Å². The molecule has 0 saturated heterocycles. The van der Waals surface area contributed by atoms with Crippen molar-refractivity contribution < 1.29 is 36.6 Å². The number of rotatable bonds is 7. The van der Waals surface area contributed by atoms with Gasteiger partial charge in [-0.15, -0.1) is 0 Å². The van der Waals surface area contributed by atoms with Gasteiger partial charge in [-0.2, -0.15) is 18.4 Å². The van der Waals surface area contributed by atoms with E-state index in [4.69, 9.17) is 26.3 Å². The molecule has 0 unspecified atom stereocenters. The van der Waals surface area contributed by atoms with E-state index in [1.54, 1.807) is 6.07 Å². The van der Waals surface area contributed by atoms with Crippen molar-refractivity contribution in [3.05, 3.63) is 79.8 Å². The van der Waals surface area contributed by atoms with Crippen LogP contribution in [0.5, 0.6) is 17.2 Å². The van der Waals surface area contributed by atoms with Gasteiger partial charge in [-0.3, -0.25) is 9.36 Å². The molecule has 3 aromatic rings. The van der Waals surface area contributed by atoms with Gasteiger partial charge in [0.2, 0.25) is 0 Å². The standard InChI is InChI=1S/C22H14ClF4N3O6/c1-29-18(22(25,26)27)10-19(31)30(21(29)33)14-9-17(12(23)8-13(14)24)36-16-5-3-2-4-15(16)35-11-20(32)34-7-6-28/h2-5,8-10H,7,11H2,1H3. The molecule has 0 fully saturated rings. The summed E-state index contributed by atoms with van der Waals surface area (Å²) in [5, 5.41) is 8.13. The molecule has 3 rings (SSSR count). The normalized spacial score (nSPS) is 11.0. The van der Waals surface area contributed by atoms with E-state index in [0.717, 1.165) is 13.1 Å². The van der Waals surface area contributed by atoms with Crippen LogP contribution in [0.4, 0.5) is 17.6 Å². The summed E-state index contributed by atoms with van der Waals surface area (Å²) in [5.74, 6) is -2.33. The number of aromatic nitrogens is 2. The van der Waals surface area contributed by atoms with Gasteiger partial charge in [0, 0.05) is 19.2 Å². The number of para-hydroxylation sites is 2. The molecule has 0 N–H and O–H groups in total. The average Bonchev–Trinajstić information content (AvgIpc) is 2.81. The van der Waals surface area contributed by atoms with Crippen LogP contribution >= 0.6 is 11.6 Å². The van der Waals surface area contributed by atoms with Gasteiger partial charge in [-0.05, 0) is 18.2 Å². The SMILES string of the molecule is Cn1c(C(F)(F)F)cc(=O)n(-c2cc(Oc3ccccc3OCC(=O)OCC#N)c(Cl)cc2F)c1=O. The second-order valence-electron chi connectivity index (χ2n) is 6.93. The van der Waals surface area contributed by atoms with Crippen LogP contribution in [-0.4, -0.2) is 28.3 Å². The van der Waals surface area contributed by atoms with E-state index >= 15 is 0 Å². The predicted octanol–water partition coefficient (Wildman–Crippen LogP) is 3.59. The number of alkyl halides is 3. The number of halogens is 5. The van der Waals surface area contributed by atoms with Crippen LogP contribution in [0.2, 0.25) is 5.02 Å². The first-order valence-electron chi connectivity index (χ1n) is 9.76. The molecule has 9 nitrogen and oxygen atoms in total. The zero-order chi connectivity index (χ0) is 26.6. The largest absolute Gasteiger partial charge is 0.478 e. The van der Waals surface area contributed by atoms with Crippen LogP contribution < -0.4 is 20.7 Å². The van der Waals surface area contributed by atoms with Crippen LogP contribution in [0.1, 0.15) is 5.69 Å². The van der Waals surface area contributed by atoms with Gasteiger partial charge < -0.3 is 14.2 Å². The molecular weight excluding hydrogens is 514 g/mol. The highest BCUT2D eigenvalue weighted by molar-refractivity contribution is 6.32. The van der Waals surface area contributed by atoms with Crippen molar-refractivity contribution in [3.63, 3.8) is 0 Å². The minimum atomic E-state index is -5.00. The molecule has 0 radical (unpaired) electrons. The summed E-state index contributed by atoms with van der Waals surface area (Å²) in [6.45, 7) is -1.06. The minimum Gasteiger partial charge on any atom is -0.478 e. The number of nitrogens with zero attached hydrogens (tertiary/aromatic N) is 3. The van der Waals surface area contributed by atoms with Crippen molar-refractivity contribution in [1.82, 2.24) is 9.13 Å². The molecule has 0 aliphatic carbocycles. The van der Waals surface area contributed by atoms with E-state index in [1.165, 1.54) is 24.3 Å². The van der Waals surface area contributed by atoms with E-state index in [2.05, 4.69) is 4.74 Å². The van der Waals surface area contributed by atoms with E-state index in [9.17, 15) is 31.9 Å². The smallest absolute Gasteiger partial charge is 0.431 e. The molecular formula is C22H14ClF4N3O6. The summed E-state index contributed by atoms with van der Waals surface area (Å²) in [4.78, 5) is 36.5. The third-order valence-corrected chi connectivity index (χ3v) is 4.86. The molecule has 14 heteroatoms. The maximum Gasteiger partial charge on any atom is 0.431 e. The number of carbonyl (C=O) groups is 1. The topological polar surface area (TPSA) is 113 Å². The molecule has 1 heterocycles. The number of benzene rings is 2. The van der Waals surface area contributed by atoms with Crippen LogP contribution in [0.15, 0.2) is 52.1 Å². The Labute approximate surface area is 204 Å². The third kappa shape index (κ3) is 5.66. The molecule has 0 aliphatic heterocycles. The lowest BCUT2D eigenvalue weighted by Gasteiger charge is -2.16. The Morgan fingerprint density at radius 1 is 1.11 bits per heavy atom.